The van der Waals surface area contributed by atoms with Crippen LogP contribution in [0.1, 0.15) is 25.8 Å². The first-order valence-electron chi connectivity index (χ1n) is 7.93. The molecule has 24 heavy (non-hydrogen) atoms. The fourth-order valence-electron chi connectivity index (χ4n) is 1.97. The maximum Gasteiger partial charge on any atom is 0.244 e. The molecule has 0 saturated heterocycles. The summed E-state index contributed by atoms with van der Waals surface area (Å²) >= 11 is 6.13. The number of carbonyl (C=O) groups excluding carboxylic acids is 1. The standard InChI is InChI=1S/C18H26ClNO4/c1-13(2)12-24-9-5-8-20-17(21)7-6-14-10-15(19)18(23-4)16(11-14)22-3/h6-7,10-11,13H,5,8-9,12H2,1-4H3,(H,20,21)/b7-6+. The largest absolute Gasteiger partial charge is 0.493 e. The summed E-state index contributed by atoms with van der Waals surface area (Å²) in [6, 6.07) is 3.47. The van der Waals surface area contributed by atoms with Crippen LogP contribution < -0.4 is 14.8 Å². The van der Waals surface area contributed by atoms with E-state index in [-0.39, 0.29) is 5.91 Å². The maximum atomic E-state index is 11.8. The highest BCUT2D eigenvalue weighted by Gasteiger charge is 2.09. The third kappa shape index (κ3) is 7.23. The van der Waals surface area contributed by atoms with Crippen molar-refractivity contribution in [2.24, 2.45) is 5.92 Å². The second kappa shape index (κ2) is 10.9. The van der Waals surface area contributed by atoms with E-state index in [0.29, 0.717) is 35.6 Å². The van der Waals surface area contributed by atoms with E-state index < -0.39 is 0 Å². The minimum Gasteiger partial charge on any atom is -0.493 e. The SMILES string of the molecule is COc1cc(/C=C/C(=O)NCCCOCC(C)C)cc(Cl)c1OC. The van der Waals surface area contributed by atoms with Crippen LogP contribution in [-0.4, -0.2) is 39.9 Å². The van der Waals surface area contributed by atoms with Gasteiger partial charge in [0.2, 0.25) is 5.91 Å². The highest BCUT2D eigenvalue weighted by molar-refractivity contribution is 6.32. The van der Waals surface area contributed by atoms with Gasteiger partial charge in [-0.05, 0) is 36.1 Å². The van der Waals surface area contributed by atoms with E-state index in [9.17, 15) is 4.79 Å². The molecule has 0 spiro atoms. The van der Waals surface area contributed by atoms with Crippen LogP contribution in [0.25, 0.3) is 6.08 Å². The number of amides is 1. The van der Waals surface area contributed by atoms with Gasteiger partial charge in [-0.2, -0.15) is 0 Å². The Morgan fingerprint density at radius 2 is 2.04 bits per heavy atom. The predicted molar refractivity (Wildman–Crippen MR) is 96.9 cm³/mol. The first-order chi connectivity index (χ1) is 11.5. The molecule has 0 aliphatic carbocycles. The van der Waals surface area contributed by atoms with E-state index in [1.807, 2.05) is 0 Å². The summed E-state index contributed by atoms with van der Waals surface area (Å²) in [6.07, 6.45) is 3.93. The Labute approximate surface area is 148 Å². The lowest BCUT2D eigenvalue weighted by Gasteiger charge is -2.10. The fraction of sp³-hybridized carbons (Fsp3) is 0.500. The Kier molecular flexibility index (Phi) is 9.27. The molecule has 134 valence electrons. The molecule has 5 nitrogen and oxygen atoms in total. The van der Waals surface area contributed by atoms with Crippen LogP contribution in [0.15, 0.2) is 18.2 Å². The summed E-state index contributed by atoms with van der Waals surface area (Å²) in [5, 5.41) is 3.24. The molecule has 0 aliphatic heterocycles. The Hall–Kier alpha value is -1.72. The Balaban J connectivity index is 2.45. The summed E-state index contributed by atoms with van der Waals surface area (Å²) in [7, 11) is 3.06. The molecule has 1 aromatic rings. The Bertz CT molecular complexity index is 558. The number of carbonyl (C=O) groups is 1. The molecule has 6 heteroatoms. The van der Waals surface area contributed by atoms with Crippen molar-refractivity contribution in [1.29, 1.82) is 0 Å². The second-order valence-electron chi connectivity index (χ2n) is 5.68. The van der Waals surface area contributed by atoms with Gasteiger partial charge in [-0.25, -0.2) is 0 Å². The van der Waals surface area contributed by atoms with Crippen molar-refractivity contribution in [1.82, 2.24) is 5.32 Å². The van der Waals surface area contributed by atoms with Gasteiger partial charge in [-0.3, -0.25) is 4.79 Å². The van der Waals surface area contributed by atoms with Crippen molar-refractivity contribution in [2.45, 2.75) is 20.3 Å². The molecule has 1 N–H and O–H groups in total. The van der Waals surface area contributed by atoms with Crippen LogP contribution in [0.4, 0.5) is 0 Å². The van der Waals surface area contributed by atoms with Crippen molar-refractivity contribution in [3.63, 3.8) is 0 Å². The topological polar surface area (TPSA) is 56.8 Å². The van der Waals surface area contributed by atoms with Gasteiger partial charge in [0.15, 0.2) is 11.5 Å². The summed E-state index contributed by atoms with van der Waals surface area (Å²) in [6.45, 7) is 6.18. The molecular weight excluding hydrogens is 330 g/mol. The van der Waals surface area contributed by atoms with E-state index in [2.05, 4.69) is 19.2 Å². The highest BCUT2D eigenvalue weighted by atomic mass is 35.5. The van der Waals surface area contributed by atoms with E-state index in [4.69, 9.17) is 25.8 Å². The van der Waals surface area contributed by atoms with Gasteiger partial charge in [0, 0.05) is 25.8 Å². The number of methoxy groups -OCH3 is 2. The zero-order valence-corrected chi connectivity index (χ0v) is 15.5. The third-order valence-corrected chi connectivity index (χ3v) is 3.38. The number of halogens is 1. The molecule has 0 fully saturated rings. The van der Waals surface area contributed by atoms with Gasteiger partial charge < -0.3 is 19.5 Å². The number of hydrogen-bond donors (Lipinski definition) is 1. The molecule has 0 bridgehead atoms. The lowest BCUT2D eigenvalue weighted by Crippen LogP contribution is -2.23. The average Bonchev–Trinajstić information content (AvgIpc) is 2.55. The van der Waals surface area contributed by atoms with Crippen LogP contribution in [-0.2, 0) is 9.53 Å². The summed E-state index contributed by atoms with van der Waals surface area (Å²) in [4.78, 5) is 11.8. The maximum absolute atomic E-state index is 11.8. The minimum atomic E-state index is -0.162. The zero-order valence-electron chi connectivity index (χ0n) is 14.7. The lowest BCUT2D eigenvalue weighted by molar-refractivity contribution is -0.116. The molecular formula is C18H26ClNO4. The first kappa shape index (κ1) is 20.3. The fourth-order valence-corrected chi connectivity index (χ4v) is 2.27. The monoisotopic (exact) mass is 355 g/mol. The van der Waals surface area contributed by atoms with Gasteiger partial charge in [-0.1, -0.05) is 25.4 Å². The third-order valence-electron chi connectivity index (χ3n) is 3.10. The van der Waals surface area contributed by atoms with Crippen molar-refractivity contribution in [2.75, 3.05) is 34.0 Å². The first-order valence-corrected chi connectivity index (χ1v) is 8.31. The van der Waals surface area contributed by atoms with Gasteiger partial charge in [0.1, 0.15) is 0 Å². The van der Waals surface area contributed by atoms with E-state index in [1.54, 1.807) is 18.2 Å². The van der Waals surface area contributed by atoms with Crippen molar-refractivity contribution in [3.8, 4) is 11.5 Å². The number of hydrogen-bond acceptors (Lipinski definition) is 4. The van der Waals surface area contributed by atoms with Crippen LogP contribution in [0.2, 0.25) is 5.02 Å². The molecule has 0 atom stereocenters. The molecule has 0 radical (unpaired) electrons. The van der Waals surface area contributed by atoms with Crippen LogP contribution >= 0.6 is 11.6 Å². The molecule has 0 heterocycles. The van der Waals surface area contributed by atoms with Crippen molar-refractivity contribution >= 4 is 23.6 Å². The van der Waals surface area contributed by atoms with Gasteiger partial charge in [-0.15, -0.1) is 0 Å². The van der Waals surface area contributed by atoms with Gasteiger partial charge >= 0.3 is 0 Å². The predicted octanol–water partition coefficient (Wildman–Crippen LogP) is 3.55. The van der Waals surface area contributed by atoms with Crippen LogP contribution in [0.3, 0.4) is 0 Å². The van der Waals surface area contributed by atoms with Gasteiger partial charge in [0.05, 0.1) is 19.2 Å². The normalized spacial score (nSPS) is 11.1. The molecule has 0 aromatic heterocycles. The number of benzene rings is 1. The molecule has 0 saturated carbocycles. The molecule has 1 rings (SSSR count). The molecule has 0 unspecified atom stereocenters. The highest BCUT2D eigenvalue weighted by Crippen LogP contribution is 2.36. The Morgan fingerprint density at radius 3 is 2.67 bits per heavy atom. The van der Waals surface area contributed by atoms with Crippen molar-refractivity contribution in [3.05, 3.63) is 28.8 Å². The van der Waals surface area contributed by atoms with E-state index >= 15 is 0 Å². The lowest BCUT2D eigenvalue weighted by atomic mass is 10.2. The zero-order chi connectivity index (χ0) is 17.9. The van der Waals surface area contributed by atoms with Crippen molar-refractivity contribution < 1.29 is 19.0 Å². The molecule has 0 aliphatic rings. The smallest absolute Gasteiger partial charge is 0.244 e. The molecule has 1 aromatic carbocycles. The Morgan fingerprint density at radius 1 is 1.29 bits per heavy atom. The number of rotatable bonds is 10. The summed E-state index contributed by atoms with van der Waals surface area (Å²) < 4.78 is 15.9. The summed E-state index contributed by atoms with van der Waals surface area (Å²) in [5.41, 5.74) is 0.757. The molecule has 1 amide bonds. The summed E-state index contributed by atoms with van der Waals surface area (Å²) in [5.74, 6) is 1.36. The number of ether oxygens (including phenoxy) is 3. The van der Waals surface area contributed by atoms with E-state index in [0.717, 1.165) is 18.6 Å². The van der Waals surface area contributed by atoms with Crippen LogP contribution in [0, 0.1) is 5.92 Å². The number of nitrogens with one attached hydrogen (secondary N) is 1. The quantitative estimate of drug-likeness (QED) is 0.515. The van der Waals surface area contributed by atoms with E-state index in [1.165, 1.54) is 20.3 Å². The minimum absolute atomic E-state index is 0.162. The average molecular weight is 356 g/mol. The van der Waals surface area contributed by atoms with Gasteiger partial charge in [0.25, 0.3) is 0 Å². The second-order valence-corrected chi connectivity index (χ2v) is 6.09. The van der Waals surface area contributed by atoms with Crippen LogP contribution in [0.5, 0.6) is 11.5 Å².